The van der Waals surface area contributed by atoms with Crippen molar-refractivity contribution in [2.24, 2.45) is 13.0 Å². The van der Waals surface area contributed by atoms with Gasteiger partial charge in [0.2, 0.25) is 10.0 Å². The molecule has 1 saturated carbocycles. The van der Waals surface area contributed by atoms with Crippen molar-refractivity contribution < 1.29 is 13.2 Å². The number of nitrogens with one attached hydrogen (secondary N) is 1. The lowest BCUT2D eigenvalue weighted by atomic mass is 9.79. The normalized spacial score (nSPS) is 27.5. The Morgan fingerprint density at radius 3 is 2.85 bits per heavy atom. The number of aryl methyl sites for hydroxylation is 1. The Labute approximate surface area is 163 Å². The Kier molecular flexibility index (Phi) is 6.30. The quantitative estimate of drug-likeness (QED) is 0.791. The number of nitrogens with zero attached hydrogens (tertiary/aromatic N) is 3. The van der Waals surface area contributed by atoms with Gasteiger partial charge in [0.1, 0.15) is 0 Å². The third kappa shape index (κ3) is 4.91. The van der Waals surface area contributed by atoms with E-state index in [9.17, 15) is 8.42 Å². The highest BCUT2D eigenvalue weighted by Crippen LogP contribution is 2.36. The van der Waals surface area contributed by atoms with Crippen molar-refractivity contribution in [1.82, 2.24) is 19.4 Å². The van der Waals surface area contributed by atoms with Crippen LogP contribution in [0.1, 0.15) is 50.8 Å². The van der Waals surface area contributed by atoms with E-state index in [4.69, 9.17) is 4.74 Å². The lowest BCUT2D eigenvalue weighted by Gasteiger charge is -2.49. The van der Waals surface area contributed by atoms with Gasteiger partial charge in [0, 0.05) is 37.9 Å². The Balaban J connectivity index is 1.74. The zero-order valence-electron chi connectivity index (χ0n) is 17.1. The maximum atomic E-state index is 12.6. The van der Waals surface area contributed by atoms with Crippen LogP contribution in [0.3, 0.4) is 0 Å². The molecule has 1 aliphatic carbocycles. The van der Waals surface area contributed by atoms with Crippen molar-refractivity contribution in [3.63, 3.8) is 0 Å². The molecule has 1 N–H and O–H groups in total. The number of rotatable bonds is 6. The molecule has 1 aromatic rings. The molecule has 3 rings (SSSR count). The number of aromatic nitrogens is 2. The van der Waals surface area contributed by atoms with E-state index in [1.54, 1.807) is 0 Å². The van der Waals surface area contributed by atoms with E-state index < -0.39 is 15.6 Å². The van der Waals surface area contributed by atoms with E-state index in [-0.39, 0.29) is 17.7 Å². The van der Waals surface area contributed by atoms with Crippen molar-refractivity contribution in [2.75, 3.05) is 25.4 Å². The summed E-state index contributed by atoms with van der Waals surface area (Å²) in [5, 5.41) is 4.34. The molecule has 1 aliphatic heterocycles. The predicted octanol–water partition coefficient (Wildman–Crippen LogP) is 1.82. The summed E-state index contributed by atoms with van der Waals surface area (Å²) in [7, 11) is -1.34. The van der Waals surface area contributed by atoms with Crippen LogP contribution in [-0.2, 0) is 28.4 Å². The summed E-state index contributed by atoms with van der Waals surface area (Å²) in [5.74, 6) is 0.275. The van der Waals surface area contributed by atoms with Gasteiger partial charge >= 0.3 is 0 Å². The standard InChI is InChI=1S/C19H34N4O3S/c1-15(2)13-27(24,25)21-18-7-5-6-8-19(18)14-23(9-10-26-19)12-17-11-20-22(4)16(17)3/h11,15,18,21H,5-10,12-14H2,1-4H3/t18-,19-/m1/s1. The number of morpholine rings is 1. The van der Waals surface area contributed by atoms with E-state index >= 15 is 0 Å². The number of hydrogen-bond donors (Lipinski definition) is 1. The molecule has 27 heavy (non-hydrogen) atoms. The van der Waals surface area contributed by atoms with Crippen molar-refractivity contribution in [3.8, 4) is 0 Å². The maximum Gasteiger partial charge on any atom is 0.212 e. The molecule has 2 fully saturated rings. The first kappa shape index (κ1) is 20.8. The van der Waals surface area contributed by atoms with Gasteiger partial charge in [-0.3, -0.25) is 9.58 Å². The van der Waals surface area contributed by atoms with Gasteiger partial charge in [-0.25, -0.2) is 13.1 Å². The van der Waals surface area contributed by atoms with E-state index in [1.165, 1.54) is 11.3 Å². The molecule has 0 bridgehead atoms. The Hall–Kier alpha value is -0.960. The van der Waals surface area contributed by atoms with Crippen molar-refractivity contribution >= 4 is 10.0 Å². The molecule has 1 saturated heterocycles. The van der Waals surface area contributed by atoms with Gasteiger partial charge < -0.3 is 4.74 Å². The largest absolute Gasteiger partial charge is 0.371 e. The fourth-order valence-corrected chi connectivity index (χ4v) is 6.14. The first-order valence-electron chi connectivity index (χ1n) is 10.0. The minimum atomic E-state index is -3.30. The molecule has 2 aliphatic rings. The molecule has 2 heterocycles. The van der Waals surface area contributed by atoms with E-state index in [2.05, 4.69) is 21.6 Å². The predicted molar refractivity (Wildman–Crippen MR) is 106 cm³/mol. The van der Waals surface area contributed by atoms with Crippen LogP contribution in [0.4, 0.5) is 0 Å². The van der Waals surface area contributed by atoms with Gasteiger partial charge in [0.15, 0.2) is 0 Å². The minimum Gasteiger partial charge on any atom is -0.371 e. The van der Waals surface area contributed by atoms with Gasteiger partial charge in [-0.2, -0.15) is 5.10 Å². The van der Waals surface area contributed by atoms with Gasteiger partial charge in [0.05, 0.1) is 30.2 Å². The summed E-state index contributed by atoms with van der Waals surface area (Å²) in [6, 6.07) is -0.146. The highest BCUT2D eigenvalue weighted by atomic mass is 32.2. The average molecular weight is 399 g/mol. The SMILES string of the molecule is Cc1c(CN2CCO[C@]3(CCCC[C@H]3NS(=O)(=O)CC(C)C)C2)cnn1C. The second kappa shape index (κ2) is 8.19. The van der Waals surface area contributed by atoms with Crippen LogP contribution in [-0.4, -0.2) is 60.2 Å². The van der Waals surface area contributed by atoms with Crippen LogP contribution in [0.2, 0.25) is 0 Å². The number of sulfonamides is 1. The molecule has 8 heteroatoms. The van der Waals surface area contributed by atoms with Crippen molar-refractivity contribution in [1.29, 1.82) is 0 Å². The summed E-state index contributed by atoms with van der Waals surface area (Å²) < 4.78 is 36.3. The smallest absolute Gasteiger partial charge is 0.212 e. The molecule has 0 radical (unpaired) electrons. The Morgan fingerprint density at radius 2 is 2.19 bits per heavy atom. The fourth-order valence-electron chi connectivity index (χ4n) is 4.40. The summed E-state index contributed by atoms with van der Waals surface area (Å²) >= 11 is 0. The molecular formula is C19H34N4O3S. The van der Waals surface area contributed by atoms with Crippen LogP contribution < -0.4 is 4.72 Å². The van der Waals surface area contributed by atoms with Gasteiger partial charge in [-0.1, -0.05) is 26.7 Å². The highest BCUT2D eigenvalue weighted by molar-refractivity contribution is 7.89. The molecule has 7 nitrogen and oxygen atoms in total. The lowest BCUT2D eigenvalue weighted by Crippen LogP contribution is -2.64. The van der Waals surface area contributed by atoms with Crippen LogP contribution in [0.25, 0.3) is 0 Å². The van der Waals surface area contributed by atoms with E-state index in [1.807, 2.05) is 31.8 Å². The van der Waals surface area contributed by atoms with Gasteiger partial charge in [-0.15, -0.1) is 0 Å². The molecule has 154 valence electrons. The lowest BCUT2D eigenvalue weighted by molar-refractivity contribution is -0.141. The summed E-state index contributed by atoms with van der Waals surface area (Å²) in [6.45, 7) is 9.05. The van der Waals surface area contributed by atoms with Crippen LogP contribution in [0.5, 0.6) is 0 Å². The van der Waals surface area contributed by atoms with Gasteiger partial charge in [-0.05, 0) is 25.7 Å². The zero-order chi connectivity index (χ0) is 19.7. The number of hydrogen-bond acceptors (Lipinski definition) is 5. The Bertz CT molecular complexity index is 742. The molecule has 2 atom stereocenters. The van der Waals surface area contributed by atoms with Crippen LogP contribution >= 0.6 is 0 Å². The van der Waals surface area contributed by atoms with E-state index in [0.717, 1.165) is 45.3 Å². The highest BCUT2D eigenvalue weighted by Gasteiger charge is 2.46. The topological polar surface area (TPSA) is 76.5 Å². The second-order valence-electron chi connectivity index (χ2n) is 8.59. The second-order valence-corrected chi connectivity index (χ2v) is 10.4. The Morgan fingerprint density at radius 1 is 1.41 bits per heavy atom. The minimum absolute atomic E-state index is 0.111. The maximum absolute atomic E-state index is 12.6. The van der Waals surface area contributed by atoms with E-state index in [0.29, 0.717) is 6.61 Å². The molecule has 0 aromatic carbocycles. The van der Waals surface area contributed by atoms with Crippen LogP contribution in [0.15, 0.2) is 6.20 Å². The third-order valence-corrected chi connectivity index (χ3v) is 7.62. The monoisotopic (exact) mass is 398 g/mol. The molecule has 0 unspecified atom stereocenters. The molecule has 1 spiro atoms. The van der Waals surface area contributed by atoms with Gasteiger partial charge in [0.25, 0.3) is 0 Å². The van der Waals surface area contributed by atoms with Crippen molar-refractivity contribution in [2.45, 2.75) is 64.6 Å². The average Bonchev–Trinajstić information content (AvgIpc) is 2.88. The first-order valence-corrected chi connectivity index (χ1v) is 11.7. The van der Waals surface area contributed by atoms with Crippen LogP contribution in [0, 0.1) is 12.8 Å². The van der Waals surface area contributed by atoms with Crippen molar-refractivity contribution in [3.05, 3.63) is 17.5 Å². The number of ether oxygens (including phenoxy) is 1. The molecule has 0 amide bonds. The first-order chi connectivity index (χ1) is 12.7. The summed E-state index contributed by atoms with van der Waals surface area (Å²) in [4.78, 5) is 2.39. The molecular weight excluding hydrogens is 364 g/mol. The fraction of sp³-hybridized carbons (Fsp3) is 0.842. The summed E-state index contributed by atoms with van der Waals surface area (Å²) in [6.07, 6.45) is 5.81. The molecule has 1 aromatic heterocycles. The summed E-state index contributed by atoms with van der Waals surface area (Å²) in [5.41, 5.74) is 1.98. The third-order valence-electron chi connectivity index (χ3n) is 5.87. The zero-order valence-corrected chi connectivity index (χ0v) is 17.9.